The van der Waals surface area contributed by atoms with Crippen molar-refractivity contribution < 1.29 is 4.79 Å². The Morgan fingerprint density at radius 1 is 1.24 bits per heavy atom. The first-order chi connectivity index (χ1) is 8.14. The molecule has 0 bridgehead atoms. The van der Waals surface area contributed by atoms with Crippen molar-refractivity contribution in [2.24, 2.45) is 5.73 Å². The molecule has 1 aromatic rings. The summed E-state index contributed by atoms with van der Waals surface area (Å²) in [5.74, 6) is 0.113. The number of Topliss-reactive ketones (excluding diaryl/α,β-unsaturated/α-hetero) is 1. The number of hydrogen-bond acceptors (Lipinski definition) is 2. The van der Waals surface area contributed by atoms with Gasteiger partial charge in [-0.15, -0.1) is 0 Å². The first-order valence-corrected chi connectivity index (χ1v) is 6.59. The number of nitrogens with two attached hydrogens (primary N) is 1. The van der Waals surface area contributed by atoms with Crippen molar-refractivity contribution in [2.75, 3.05) is 0 Å². The first-order valence-electron chi connectivity index (χ1n) is 6.22. The summed E-state index contributed by atoms with van der Waals surface area (Å²) >= 11 is 6.08. The summed E-state index contributed by atoms with van der Waals surface area (Å²) in [5.41, 5.74) is 6.11. The zero-order valence-electron chi connectivity index (χ0n) is 10.5. The number of carbonyl (C=O) groups is 1. The van der Waals surface area contributed by atoms with Crippen LogP contribution in [0, 0.1) is 0 Å². The fourth-order valence-corrected chi connectivity index (χ4v) is 2.46. The Labute approximate surface area is 108 Å². The highest BCUT2D eigenvalue weighted by Crippen LogP contribution is 2.35. The zero-order valence-corrected chi connectivity index (χ0v) is 11.3. The molecule has 17 heavy (non-hydrogen) atoms. The molecule has 94 valence electrons. The lowest BCUT2D eigenvalue weighted by atomic mass is 9.76. The summed E-state index contributed by atoms with van der Waals surface area (Å²) in [6.07, 6.45) is 3.22. The topological polar surface area (TPSA) is 43.1 Å². The second kappa shape index (κ2) is 6.18. The van der Waals surface area contributed by atoms with Gasteiger partial charge in [0.1, 0.15) is 5.54 Å². The number of rotatable bonds is 1. The average molecular weight is 254 g/mol. The highest BCUT2D eigenvalue weighted by atomic mass is 35.5. The van der Waals surface area contributed by atoms with Crippen LogP contribution in [0.1, 0.15) is 45.1 Å². The lowest BCUT2D eigenvalue weighted by molar-refractivity contribution is -0.126. The Morgan fingerprint density at radius 3 is 2.47 bits per heavy atom. The Kier molecular flexibility index (Phi) is 5.16. The Hall–Kier alpha value is -0.860. The summed E-state index contributed by atoms with van der Waals surface area (Å²) in [7, 11) is 0. The number of benzene rings is 1. The molecule has 0 aromatic heterocycles. The van der Waals surface area contributed by atoms with E-state index >= 15 is 0 Å². The highest BCUT2D eigenvalue weighted by Gasteiger charge is 2.38. The SMILES string of the molecule is CC.N[C@@]1(c2ccccc2Cl)CCCCC1=O. The normalized spacial score (nSPS) is 23.9. The van der Waals surface area contributed by atoms with Crippen molar-refractivity contribution in [3.05, 3.63) is 34.9 Å². The highest BCUT2D eigenvalue weighted by molar-refractivity contribution is 6.31. The van der Waals surface area contributed by atoms with E-state index in [9.17, 15) is 4.79 Å². The van der Waals surface area contributed by atoms with Gasteiger partial charge in [0.25, 0.3) is 0 Å². The Balaban J connectivity index is 0.000000686. The fraction of sp³-hybridized carbons (Fsp3) is 0.500. The van der Waals surface area contributed by atoms with Crippen LogP contribution in [0.5, 0.6) is 0 Å². The van der Waals surface area contributed by atoms with Gasteiger partial charge in [0.05, 0.1) is 0 Å². The van der Waals surface area contributed by atoms with Gasteiger partial charge >= 0.3 is 0 Å². The molecule has 0 heterocycles. The summed E-state index contributed by atoms with van der Waals surface area (Å²) in [6.45, 7) is 4.00. The van der Waals surface area contributed by atoms with Crippen LogP contribution in [0.2, 0.25) is 5.02 Å². The molecule has 0 unspecified atom stereocenters. The van der Waals surface area contributed by atoms with Gasteiger partial charge in [-0.05, 0) is 24.5 Å². The van der Waals surface area contributed by atoms with Crippen LogP contribution >= 0.6 is 11.6 Å². The number of carbonyl (C=O) groups excluding carboxylic acids is 1. The molecule has 0 radical (unpaired) electrons. The summed E-state index contributed by atoms with van der Waals surface area (Å²) in [4.78, 5) is 11.9. The maximum atomic E-state index is 11.9. The molecule has 3 heteroatoms. The van der Waals surface area contributed by atoms with Crippen LogP contribution in [0.25, 0.3) is 0 Å². The number of ketones is 1. The summed E-state index contributed by atoms with van der Waals surface area (Å²) in [5, 5.41) is 0.593. The quantitative estimate of drug-likeness (QED) is 0.830. The van der Waals surface area contributed by atoms with Crippen LogP contribution in [0.4, 0.5) is 0 Å². The maximum Gasteiger partial charge on any atom is 0.157 e. The zero-order chi connectivity index (χ0) is 12.9. The Morgan fingerprint density at radius 2 is 1.88 bits per heavy atom. The molecule has 1 atom stereocenters. The van der Waals surface area contributed by atoms with Gasteiger partial charge in [-0.3, -0.25) is 4.79 Å². The third-order valence-corrected chi connectivity index (χ3v) is 3.41. The van der Waals surface area contributed by atoms with E-state index in [1.165, 1.54) is 0 Å². The monoisotopic (exact) mass is 253 g/mol. The van der Waals surface area contributed by atoms with Crippen molar-refractivity contribution in [2.45, 2.75) is 45.1 Å². The van der Waals surface area contributed by atoms with Crippen molar-refractivity contribution in [3.63, 3.8) is 0 Å². The molecule has 2 nitrogen and oxygen atoms in total. The predicted octanol–water partition coefficient (Wildman–Crippen LogP) is 3.66. The minimum absolute atomic E-state index is 0.113. The third-order valence-electron chi connectivity index (χ3n) is 3.08. The van der Waals surface area contributed by atoms with E-state index in [1.54, 1.807) is 6.07 Å². The van der Waals surface area contributed by atoms with E-state index < -0.39 is 5.54 Å². The number of hydrogen-bond donors (Lipinski definition) is 1. The molecule has 0 spiro atoms. The molecule has 0 aliphatic heterocycles. The van der Waals surface area contributed by atoms with Gasteiger partial charge in [0, 0.05) is 11.4 Å². The van der Waals surface area contributed by atoms with Gasteiger partial charge in [-0.25, -0.2) is 0 Å². The van der Waals surface area contributed by atoms with Crippen molar-refractivity contribution in [1.82, 2.24) is 0 Å². The van der Waals surface area contributed by atoms with Crippen LogP contribution < -0.4 is 5.73 Å². The van der Waals surface area contributed by atoms with Gasteiger partial charge in [-0.2, -0.15) is 0 Å². The molecule has 0 saturated heterocycles. The minimum atomic E-state index is -0.851. The van der Waals surface area contributed by atoms with Gasteiger partial charge in [0.2, 0.25) is 0 Å². The molecule has 1 aliphatic carbocycles. The standard InChI is InChI=1S/C12H14ClNO.C2H6/c13-10-6-2-1-5-9(10)12(14)8-4-3-7-11(12)15;1-2/h1-2,5-6H,3-4,7-8,14H2;1-2H3/t12-;/m1./s1. The van der Waals surface area contributed by atoms with Crippen molar-refractivity contribution >= 4 is 17.4 Å². The molecule has 0 amide bonds. The van der Waals surface area contributed by atoms with Crippen LogP contribution in [-0.4, -0.2) is 5.78 Å². The lowest BCUT2D eigenvalue weighted by Crippen LogP contribution is -2.47. The molecule has 2 N–H and O–H groups in total. The average Bonchev–Trinajstić information content (AvgIpc) is 2.36. The summed E-state index contributed by atoms with van der Waals surface area (Å²) in [6, 6.07) is 7.36. The maximum absolute atomic E-state index is 11.9. The Bertz CT molecular complexity index is 392. The predicted molar refractivity (Wildman–Crippen MR) is 72.1 cm³/mol. The van der Waals surface area contributed by atoms with Crippen molar-refractivity contribution in [3.8, 4) is 0 Å². The van der Waals surface area contributed by atoms with E-state index in [1.807, 2.05) is 32.0 Å². The second-order valence-corrected chi connectivity index (χ2v) is 4.49. The largest absolute Gasteiger partial charge is 0.315 e. The summed E-state index contributed by atoms with van der Waals surface area (Å²) < 4.78 is 0. The van der Waals surface area contributed by atoms with Crippen LogP contribution in [0.3, 0.4) is 0 Å². The van der Waals surface area contributed by atoms with E-state index in [0.717, 1.165) is 18.4 Å². The third kappa shape index (κ3) is 2.88. The number of halogens is 1. The van der Waals surface area contributed by atoms with E-state index in [0.29, 0.717) is 17.9 Å². The fourth-order valence-electron chi connectivity index (χ4n) is 2.16. The van der Waals surface area contributed by atoms with E-state index in [2.05, 4.69) is 0 Å². The second-order valence-electron chi connectivity index (χ2n) is 4.08. The smallest absolute Gasteiger partial charge is 0.157 e. The molecule has 2 rings (SSSR count). The molecular formula is C14H20ClNO. The molecule has 1 fully saturated rings. The van der Waals surface area contributed by atoms with Crippen molar-refractivity contribution in [1.29, 1.82) is 0 Å². The molecular weight excluding hydrogens is 234 g/mol. The molecule has 1 aromatic carbocycles. The van der Waals surface area contributed by atoms with Crippen LogP contribution in [-0.2, 0) is 10.3 Å². The minimum Gasteiger partial charge on any atom is -0.315 e. The lowest BCUT2D eigenvalue weighted by Gasteiger charge is -2.32. The van der Waals surface area contributed by atoms with E-state index in [-0.39, 0.29) is 5.78 Å². The van der Waals surface area contributed by atoms with E-state index in [4.69, 9.17) is 17.3 Å². The molecule has 1 saturated carbocycles. The van der Waals surface area contributed by atoms with Crippen LogP contribution in [0.15, 0.2) is 24.3 Å². The van der Waals surface area contributed by atoms with Gasteiger partial charge in [-0.1, -0.05) is 50.1 Å². The molecule has 1 aliphatic rings. The van der Waals surface area contributed by atoms with Gasteiger partial charge < -0.3 is 5.73 Å². The van der Waals surface area contributed by atoms with Gasteiger partial charge in [0.15, 0.2) is 5.78 Å². The first kappa shape index (κ1) is 14.2.